The quantitative estimate of drug-likeness (QED) is 0.595. The van der Waals surface area contributed by atoms with Gasteiger partial charge in [-0.3, -0.25) is 9.69 Å². The van der Waals surface area contributed by atoms with E-state index >= 15 is 0 Å². The minimum atomic E-state index is -1.35. The Bertz CT molecular complexity index is 864. The van der Waals surface area contributed by atoms with Crippen LogP contribution in [0.2, 0.25) is 0 Å². The van der Waals surface area contributed by atoms with E-state index in [9.17, 15) is 14.7 Å². The number of aliphatic carboxylic acids is 1. The molecule has 0 unspecified atom stereocenters. The molecule has 7 heteroatoms. The van der Waals surface area contributed by atoms with Crippen LogP contribution >= 0.6 is 24.0 Å². The van der Waals surface area contributed by atoms with E-state index in [1.807, 2.05) is 48.5 Å². The predicted octanol–water partition coefficient (Wildman–Crippen LogP) is 2.43. The van der Waals surface area contributed by atoms with Crippen molar-refractivity contribution in [2.45, 2.75) is 0 Å². The van der Waals surface area contributed by atoms with Gasteiger partial charge in [0.2, 0.25) is 0 Å². The molecule has 1 amide bonds. The van der Waals surface area contributed by atoms with E-state index in [-0.39, 0.29) is 4.32 Å². The zero-order valence-electron chi connectivity index (χ0n) is 12.9. The number of carboxylic acid groups (broad SMARTS) is 1. The lowest BCUT2D eigenvalue weighted by Gasteiger charge is -2.14. The fourth-order valence-corrected chi connectivity index (χ4v) is 3.46. The van der Waals surface area contributed by atoms with Crippen LogP contribution in [0.4, 0.5) is 0 Å². The van der Waals surface area contributed by atoms with Crippen molar-refractivity contribution in [3.63, 3.8) is 0 Å². The Kier molecular flexibility index (Phi) is 5.16. The van der Waals surface area contributed by atoms with Gasteiger partial charge < -0.3 is 14.6 Å². The van der Waals surface area contributed by atoms with Gasteiger partial charge in [0.05, 0.1) is 17.4 Å². The first kappa shape index (κ1) is 17.2. The van der Waals surface area contributed by atoms with Crippen LogP contribution in [-0.4, -0.2) is 27.6 Å². The Hall–Kier alpha value is -2.64. The first-order valence-electron chi connectivity index (χ1n) is 7.31. The highest BCUT2D eigenvalue weighted by molar-refractivity contribution is 8.26. The summed E-state index contributed by atoms with van der Waals surface area (Å²) in [6.45, 7) is -0.542. The third-order valence-corrected chi connectivity index (χ3v) is 4.67. The monoisotopic (exact) mass is 370 g/mol. The highest BCUT2D eigenvalue weighted by Crippen LogP contribution is 2.33. The van der Waals surface area contributed by atoms with Gasteiger partial charge in [-0.25, -0.2) is 0 Å². The maximum atomic E-state index is 12.3. The van der Waals surface area contributed by atoms with Crippen LogP contribution in [0.3, 0.4) is 0 Å². The summed E-state index contributed by atoms with van der Waals surface area (Å²) >= 11 is 6.12. The molecule has 0 spiro atoms. The minimum Gasteiger partial charge on any atom is -0.548 e. The molecule has 0 atom stereocenters. The van der Waals surface area contributed by atoms with Gasteiger partial charge in [0.25, 0.3) is 5.91 Å². The molecule has 0 aliphatic carbocycles. The second-order valence-corrected chi connectivity index (χ2v) is 6.80. The molecule has 0 radical (unpaired) electrons. The first-order chi connectivity index (χ1) is 12.0. The number of benzene rings is 2. The molecule has 5 nitrogen and oxygen atoms in total. The van der Waals surface area contributed by atoms with Crippen molar-refractivity contribution in [1.82, 2.24) is 4.90 Å². The third kappa shape index (κ3) is 4.26. The van der Waals surface area contributed by atoms with Gasteiger partial charge in [-0.05, 0) is 35.9 Å². The van der Waals surface area contributed by atoms with Crippen LogP contribution in [0, 0.1) is 0 Å². The predicted molar refractivity (Wildman–Crippen MR) is 97.8 cm³/mol. The van der Waals surface area contributed by atoms with E-state index in [4.69, 9.17) is 17.0 Å². The average molecular weight is 370 g/mol. The molecular weight excluding hydrogens is 358 g/mol. The Morgan fingerprint density at radius 1 is 1.16 bits per heavy atom. The Morgan fingerprint density at radius 3 is 2.60 bits per heavy atom. The van der Waals surface area contributed by atoms with Crippen molar-refractivity contribution in [1.29, 1.82) is 0 Å². The number of nitrogens with zero attached hydrogens (tertiary/aromatic N) is 1. The normalized spacial score (nSPS) is 15.7. The van der Waals surface area contributed by atoms with Crippen LogP contribution in [-0.2, 0) is 9.59 Å². The Labute approximate surface area is 153 Å². The molecule has 1 heterocycles. The van der Waals surface area contributed by atoms with Crippen molar-refractivity contribution in [2.24, 2.45) is 0 Å². The van der Waals surface area contributed by atoms with Crippen LogP contribution in [0.25, 0.3) is 6.08 Å². The van der Waals surface area contributed by atoms with Crippen LogP contribution < -0.4 is 9.84 Å². The molecule has 0 N–H and O–H groups in total. The largest absolute Gasteiger partial charge is 0.548 e. The summed E-state index contributed by atoms with van der Waals surface area (Å²) in [5.74, 6) is -0.450. The molecule has 1 aliphatic heterocycles. The van der Waals surface area contributed by atoms with E-state index in [2.05, 4.69) is 0 Å². The van der Waals surface area contributed by atoms with E-state index in [0.29, 0.717) is 16.4 Å². The molecule has 2 aromatic carbocycles. The van der Waals surface area contributed by atoms with Gasteiger partial charge in [-0.2, -0.15) is 0 Å². The summed E-state index contributed by atoms with van der Waals surface area (Å²) in [7, 11) is 0. The first-order valence-corrected chi connectivity index (χ1v) is 8.53. The summed E-state index contributed by atoms with van der Waals surface area (Å²) in [5, 5.41) is 10.7. The third-order valence-electron chi connectivity index (χ3n) is 3.30. The van der Waals surface area contributed by atoms with Crippen molar-refractivity contribution in [2.75, 3.05) is 6.54 Å². The molecule has 1 fully saturated rings. The maximum absolute atomic E-state index is 12.3. The highest BCUT2D eigenvalue weighted by atomic mass is 32.2. The minimum absolute atomic E-state index is 0.206. The topological polar surface area (TPSA) is 69.7 Å². The number of carbonyl (C=O) groups excluding carboxylic acids is 2. The summed E-state index contributed by atoms with van der Waals surface area (Å²) < 4.78 is 5.97. The number of rotatable bonds is 5. The Balaban J connectivity index is 1.80. The number of carboxylic acids is 1. The van der Waals surface area contributed by atoms with Gasteiger partial charge in [0.15, 0.2) is 0 Å². The van der Waals surface area contributed by atoms with E-state index in [1.165, 1.54) is 0 Å². The van der Waals surface area contributed by atoms with Gasteiger partial charge in [-0.15, -0.1) is 0 Å². The zero-order chi connectivity index (χ0) is 17.8. The molecule has 1 saturated heterocycles. The number of thioether (sulfide) groups is 1. The van der Waals surface area contributed by atoms with Crippen molar-refractivity contribution < 1.29 is 19.4 Å². The summed E-state index contributed by atoms with van der Waals surface area (Å²) in [5.41, 5.74) is 0.752. The van der Waals surface area contributed by atoms with Crippen molar-refractivity contribution >= 4 is 46.3 Å². The zero-order valence-corrected chi connectivity index (χ0v) is 14.5. The second kappa shape index (κ2) is 7.50. The maximum Gasteiger partial charge on any atom is 0.266 e. The summed E-state index contributed by atoms with van der Waals surface area (Å²) in [6, 6.07) is 16.6. The van der Waals surface area contributed by atoms with Gasteiger partial charge in [-0.1, -0.05) is 54.3 Å². The van der Waals surface area contributed by atoms with E-state index < -0.39 is 18.4 Å². The molecular formula is C18H12NO4S2-. The van der Waals surface area contributed by atoms with Crippen LogP contribution in [0.1, 0.15) is 5.56 Å². The number of carbonyl (C=O) groups is 2. The summed E-state index contributed by atoms with van der Waals surface area (Å²) in [4.78, 5) is 24.4. The van der Waals surface area contributed by atoms with Crippen molar-refractivity contribution in [3.8, 4) is 11.5 Å². The van der Waals surface area contributed by atoms with E-state index in [0.717, 1.165) is 22.2 Å². The SMILES string of the molecule is O=C([O-])CN1C(=O)C(=Cc2cccc(Oc3ccccc3)c2)SC1=S. The number of para-hydroxylation sites is 1. The molecule has 0 saturated carbocycles. The lowest BCUT2D eigenvalue weighted by Crippen LogP contribution is -2.40. The molecule has 1 aliphatic rings. The summed E-state index contributed by atoms with van der Waals surface area (Å²) in [6.07, 6.45) is 1.66. The van der Waals surface area contributed by atoms with Crippen LogP contribution in [0.5, 0.6) is 11.5 Å². The van der Waals surface area contributed by atoms with Gasteiger partial charge in [0.1, 0.15) is 15.8 Å². The number of thiocarbonyl (C=S) groups is 1. The molecule has 2 aromatic rings. The lowest BCUT2D eigenvalue weighted by molar-refractivity contribution is -0.305. The van der Waals surface area contributed by atoms with Gasteiger partial charge >= 0.3 is 0 Å². The van der Waals surface area contributed by atoms with Gasteiger partial charge in [0, 0.05) is 0 Å². The Morgan fingerprint density at radius 2 is 1.88 bits per heavy atom. The van der Waals surface area contributed by atoms with Crippen LogP contribution in [0.15, 0.2) is 59.5 Å². The number of hydrogen-bond donors (Lipinski definition) is 0. The molecule has 3 rings (SSSR count). The fourth-order valence-electron chi connectivity index (χ4n) is 2.21. The molecule has 25 heavy (non-hydrogen) atoms. The van der Waals surface area contributed by atoms with Crippen molar-refractivity contribution in [3.05, 3.63) is 65.1 Å². The molecule has 126 valence electrons. The second-order valence-electron chi connectivity index (χ2n) is 5.13. The smallest absolute Gasteiger partial charge is 0.266 e. The highest BCUT2D eigenvalue weighted by Gasteiger charge is 2.31. The number of hydrogen-bond acceptors (Lipinski definition) is 6. The lowest BCUT2D eigenvalue weighted by atomic mass is 10.2. The molecule has 0 aromatic heterocycles. The standard InChI is InChI=1S/C18H13NO4S2/c20-16(21)11-19-17(22)15(25-18(19)24)10-12-5-4-8-14(9-12)23-13-6-2-1-3-7-13/h1-10H,11H2,(H,20,21)/p-1. The average Bonchev–Trinajstić information content (AvgIpc) is 2.83. The van der Waals surface area contributed by atoms with E-state index in [1.54, 1.807) is 12.1 Å². The molecule has 0 bridgehead atoms. The number of ether oxygens (including phenoxy) is 1. The fraction of sp³-hybridized carbons (Fsp3) is 0.0556. The number of amides is 1.